The second kappa shape index (κ2) is 14.3. The fourth-order valence-corrected chi connectivity index (χ4v) is 5.80. The summed E-state index contributed by atoms with van der Waals surface area (Å²) in [5.74, 6) is 1.96. The molecule has 0 bridgehead atoms. The minimum absolute atomic E-state index is 0.379. The molecule has 2 N–H and O–H groups in total. The minimum atomic E-state index is -0.541. The number of hydrogen-bond acceptors (Lipinski definition) is 5. The van der Waals surface area contributed by atoms with Gasteiger partial charge in [0.1, 0.15) is 5.75 Å². The average molecular weight is 619 g/mol. The summed E-state index contributed by atoms with van der Waals surface area (Å²) in [5, 5.41) is 16.8. The quantitative estimate of drug-likeness (QED) is 0.145. The molecule has 5 aromatic rings. The zero-order valence-electron chi connectivity index (χ0n) is 22.8. The molecule has 0 aliphatic heterocycles. The van der Waals surface area contributed by atoms with Gasteiger partial charge in [-0.2, -0.15) is 0 Å². The van der Waals surface area contributed by atoms with Crippen LogP contribution in [0.4, 0.5) is 10.5 Å². The topological polar surface area (TPSA) is 81.1 Å². The Hall–Kier alpha value is -3.98. The van der Waals surface area contributed by atoms with Crippen LogP contribution >= 0.6 is 35.0 Å². The highest BCUT2D eigenvalue weighted by atomic mass is 35.5. The number of rotatable bonds is 11. The molecular formula is C32H29Cl2N5O2S. The Bertz CT molecular complexity index is 1620. The molecule has 0 aliphatic carbocycles. The summed E-state index contributed by atoms with van der Waals surface area (Å²) in [6, 6.07) is 31.6. The highest BCUT2D eigenvalue weighted by molar-refractivity contribution is 7.98. The molecule has 0 aliphatic rings. The summed E-state index contributed by atoms with van der Waals surface area (Å²) in [4.78, 5) is 13.3. The number of thioether (sulfide) groups is 1. The first kappa shape index (κ1) is 29.5. The molecule has 1 heterocycles. The predicted molar refractivity (Wildman–Crippen MR) is 170 cm³/mol. The molecule has 214 valence electrons. The fourth-order valence-electron chi connectivity index (χ4n) is 4.39. The molecule has 2 amide bonds. The van der Waals surface area contributed by atoms with Gasteiger partial charge in [0.2, 0.25) is 0 Å². The van der Waals surface area contributed by atoms with E-state index in [4.69, 9.17) is 27.9 Å². The third-order valence-electron chi connectivity index (χ3n) is 6.34. The summed E-state index contributed by atoms with van der Waals surface area (Å²) >= 11 is 14.5. The number of carbonyl (C=O) groups excluding carboxylic acids is 1. The maximum absolute atomic E-state index is 13.3. The Balaban J connectivity index is 1.49. The summed E-state index contributed by atoms with van der Waals surface area (Å²) in [6.45, 7) is 2.49. The molecule has 0 radical (unpaired) electrons. The molecule has 1 atom stereocenters. The zero-order chi connectivity index (χ0) is 29.3. The molecule has 1 unspecified atom stereocenters. The van der Waals surface area contributed by atoms with Crippen LogP contribution in [0.1, 0.15) is 29.9 Å². The fraction of sp³-hybridized carbons (Fsp3) is 0.156. The Morgan fingerprint density at radius 2 is 1.60 bits per heavy atom. The number of ether oxygens (including phenoxy) is 1. The monoisotopic (exact) mass is 617 g/mol. The van der Waals surface area contributed by atoms with E-state index in [0.717, 1.165) is 16.9 Å². The molecule has 0 saturated carbocycles. The van der Waals surface area contributed by atoms with Gasteiger partial charge in [-0.15, -0.1) is 10.2 Å². The highest BCUT2D eigenvalue weighted by Gasteiger charge is 2.26. The highest BCUT2D eigenvalue weighted by Crippen LogP contribution is 2.33. The average Bonchev–Trinajstić information content (AvgIpc) is 3.41. The summed E-state index contributed by atoms with van der Waals surface area (Å²) in [7, 11) is 0. The maximum Gasteiger partial charge on any atom is 0.319 e. The van der Waals surface area contributed by atoms with Gasteiger partial charge in [0, 0.05) is 22.9 Å². The number of aromatic nitrogens is 3. The van der Waals surface area contributed by atoms with Crippen LogP contribution in [0.25, 0.3) is 5.69 Å². The standard InChI is InChI=1S/C32H29Cl2N5O2S/c1-2-41-26-16-14-25(15-17-26)35-31(40)36-28(19-22-9-5-3-6-10-22)30-37-38-32(42-21-23-11-7-4-8-12-23)39(30)29-18-13-24(33)20-27(29)34/h3-18,20,28H,2,19,21H2,1H3,(H2,35,36,40). The maximum atomic E-state index is 13.3. The number of carbonyl (C=O) groups is 1. The lowest BCUT2D eigenvalue weighted by molar-refractivity contribution is 0.247. The lowest BCUT2D eigenvalue weighted by Gasteiger charge is -2.21. The molecule has 0 spiro atoms. The number of benzene rings is 4. The van der Waals surface area contributed by atoms with E-state index >= 15 is 0 Å². The van der Waals surface area contributed by atoms with Crippen molar-refractivity contribution in [3.05, 3.63) is 130 Å². The van der Waals surface area contributed by atoms with Crippen molar-refractivity contribution in [2.75, 3.05) is 11.9 Å². The largest absolute Gasteiger partial charge is 0.494 e. The number of nitrogens with one attached hydrogen (secondary N) is 2. The van der Waals surface area contributed by atoms with Gasteiger partial charge in [0.25, 0.3) is 0 Å². The van der Waals surface area contributed by atoms with E-state index in [1.807, 2.05) is 78.2 Å². The van der Waals surface area contributed by atoms with Crippen molar-refractivity contribution >= 4 is 46.7 Å². The molecule has 4 aromatic carbocycles. The SMILES string of the molecule is CCOc1ccc(NC(=O)NC(Cc2ccccc2)c2nnc(SCc3ccccc3)n2-c2ccc(Cl)cc2Cl)cc1. The molecule has 0 fully saturated rings. The van der Waals surface area contributed by atoms with Crippen LogP contribution in [0.5, 0.6) is 5.75 Å². The first-order chi connectivity index (χ1) is 20.5. The van der Waals surface area contributed by atoms with Crippen LogP contribution in [-0.4, -0.2) is 27.4 Å². The first-order valence-electron chi connectivity index (χ1n) is 13.4. The molecule has 42 heavy (non-hydrogen) atoms. The molecule has 7 nitrogen and oxygen atoms in total. The van der Waals surface area contributed by atoms with E-state index < -0.39 is 6.04 Å². The Morgan fingerprint density at radius 1 is 0.905 bits per heavy atom. The van der Waals surface area contributed by atoms with Crippen molar-refractivity contribution in [3.8, 4) is 11.4 Å². The number of nitrogens with zero attached hydrogens (tertiary/aromatic N) is 3. The van der Waals surface area contributed by atoms with Gasteiger partial charge >= 0.3 is 6.03 Å². The van der Waals surface area contributed by atoms with Crippen LogP contribution in [0.3, 0.4) is 0 Å². The Labute approximate surface area is 259 Å². The second-order valence-corrected chi connectivity index (χ2v) is 11.1. The van der Waals surface area contributed by atoms with E-state index in [2.05, 4.69) is 33.0 Å². The number of halogens is 2. The Kier molecular flexibility index (Phi) is 10.0. The van der Waals surface area contributed by atoms with Gasteiger partial charge in [-0.3, -0.25) is 4.57 Å². The van der Waals surface area contributed by atoms with Gasteiger partial charge < -0.3 is 15.4 Å². The number of amides is 2. The van der Waals surface area contributed by atoms with Crippen LogP contribution < -0.4 is 15.4 Å². The number of hydrogen-bond donors (Lipinski definition) is 2. The van der Waals surface area contributed by atoms with Crippen molar-refractivity contribution in [3.63, 3.8) is 0 Å². The van der Waals surface area contributed by atoms with E-state index in [1.54, 1.807) is 24.3 Å². The molecule has 5 rings (SSSR count). The van der Waals surface area contributed by atoms with Crippen LogP contribution in [-0.2, 0) is 12.2 Å². The summed E-state index contributed by atoms with van der Waals surface area (Å²) < 4.78 is 7.41. The normalized spacial score (nSPS) is 11.6. The first-order valence-corrected chi connectivity index (χ1v) is 15.2. The van der Waals surface area contributed by atoms with Gasteiger partial charge in [-0.1, -0.05) is 95.6 Å². The Morgan fingerprint density at radius 3 is 2.26 bits per heavy atom. The van der Waals surface area contributed by atoms with Crippen molar-refractivity contribution in [2.45, 2.75) is 30.3 Å². The second-order valence-electron chi connectivity index (χ2n) is 9.34. The molecule has 1 aromatic heterocycles. The lowest BCUT2D eigenvalue weighted by Crippen LogP contribution is -2.35. The van der Waals surface area contributed by atoms with Crippen molar-refractivity contribution in [1.82, 2.24) is 20.1 Å². The molecular weight excluding hydrogens is 589 g/mol. The molecule has 10 heteroatoms. The van der Waals surface area contributed by atoms with Crippen molar-refractivity contribution in [2.24, 2.45) is 0 Å². The minimum Gasteiger partial charge on any atom is -0.494 e. The number of urea groups is 1. The summed E-state index contributed by atoms with van der Waals surface area (Å²) in [6.07, 6.45) is 0.476. The van der Waals surface area contributed by atoms with E-state index in [1.165, 1.54) is 11.8 Å². The van der Waals surface area contributed by atoms with Crippen LogP contribution in [0, 0.1) is 0 Å². The van der Waals surface area contributed by atoms with Crippen LogP contribution in [0.2, 0.25) is 10.0 Å². The van der Waals surface area contributed by atoms with Crippen molar-refractivity contribution in [1.29, 1.82) is 0 Å². The van der Waals surface area contributed by atoms with Gasteiger partial charge in [-0.25, -0.2) is 4.79 Å². The predicted octanol–water partition coefficient (Wildman–Crippen LogP) is 8.37. The van der Waals surface area contributed by atoms with Crippen molar-refractivity contribution < 1.29 is 9.53 Å². The van der Waals surface area contributed by atoms with Gasteiger partial charge in [0.15, 0.2) is 11.0 Å². The number of anilines is 1. The molecule has 0 saturated heterocycles. The summed E-state index contributed by atoms with van der Waals surface area (Å²) in [5.41, 5.74) is 3.48. The van der Waals surface area contributed by atoms with Crippen LogP contribution in [0.15, 0.2) is 108 Å². The zero-order valence-corrected chi connectivity index (χ0v) is 25.2. The van der Waals surface area contributed by atoms with E-state index in [-0.39, 0.29) is 6.03 Å². The van der Waals surface area contributed by atoms with Gasteiger partial charge in [0.05, 0.1) is 23.4 Å². The van der Waals surface area contributed by atoms with Gasteiger partial charge in [-0.05, 0) is 60.5 Å². The lowest BCUT2D eigenvalue weighted by atomic mass is 10.1. The van der Waals surface area contributed by atoms with E-state index in [9.17, 15) is 4.79 Å². The third-order valence-corrected chi connectivity index (χ3v) is 7.88. The smallest absolute Gasteiger partial charge is 0.319 e. The van der Waals surface area contributed by atoms with E-state index in [0.29, 0.717) is 51.2 Å². The third kappa shape index (κ3) is 7.64.